The lowest BCUT2D eigenvalue weighted by Gasteiger charge is -2.14. The van der Waals surface area contributed by atoms with E-state index in [1.165, 1.54) is 22.9 Å². The smallest absolute Gasteiger partial charge is 0.328 e. The quantitative estimate of drug-likeness (QED) is 0.550. The van der Waals surface area contributed by atoms with E-state index in [0.29, 0.717) is 32.9 Å². The average Bonchev–Trinajstić information content (AvgIpc) is 2.69. The SMILES string of the molecule is N#CC=Cc1cc(Cl)cc(Oc2ccc(Cl)cc2OCCn2ccc(=O)[nH]c2=O)c1. The van der Waals surface area contributed by atoms with Gasteiger partial charge in [-0.15, -0.1) is 0 Å². The monoisotopic (exact) mass is 443 g/mol. The molecule has 0 saturated carbocycles. The third kappa shape index (κ3) is 5.77. The molecule has 2 aromatic carbocycles. The molecule has 0 radical (unpaired) electrons. The van der Waals surface area contributed by atoms with Gasteiger partial charge in [-0.3, -0.25) is 14.3 Å². The minimum atomic E-state index is -0.523. The van der Waals surface area contributed by atoms with E-state index in [4.69, 9.17) is 37.9 Å². The average molecular weight is 444 g/mol. The van der Waals surface area contributed by atoms with E-state index in [-0.39, 0.29) is 13.2 Å². The van der Waals surface area contributed by atoms with Crippen molar-refractivity contribution in [3.8, 4) is 23.3 Å². The Kier molecular flexibility index (Phi) is 6.96. The summed E-state index contributed by atoms with van der Waals surface area (Å²) in [6.45, 7) is 0.343. The fraction of sp³-hybridized carbons (Fsp3) is 0.0952. The predicted molar refractivity (Wildman–Crippen MR) is 114 cm³/mol. The van der Waals surface area contributed by atoms with Crippen molar-refractivity contribution in [3.05, 3.63) is 91.2 Å². The Morgan fingerprint density at radius 2 is 1.90 bits per heavy atom. The van der Waals surface area contributed by atoms with E-state index >= 15 is 0 Å². The van der Waals surface area contributed by atoms with Gasteiger partial charge in [0.1, 0.15) is 12.4 Å². The lowest BCUT2D eigenvalue weighted by molar-refractivity contribution is 0.283. The van der Waals surface area contributed by atoms with Crippen LogP contribution in [0, 0.1) is 11.3 Å². The third-order valence-electron chi connectivity index (χ3n) is 3.86. The van der Waals surface area contributed by atoms with Crippen molar-refractivity contribution in [2.24, 2.45) is 0 Å². The molecule has 0 aliphatic rings. The molecular formula is C21H15Cl2N3O4. The molecule has 1 heterocycles. The van der Waals surface area contributed by atoms with E-state index in [9.17, 15) is 9.59 Å². The summed E-state index contributed by atoms with van der Waals surface area (Å²) in [7, 11) is 0. The van der Waals surface area contributed by atoms with Gasteiger partial charge in [0.15, 0.2) is 11.5 Å². The van der Waals surface area contributed by atoms with E-state index in [1.807, 2.05) is 6.07 Å². The molecule has 30 heavy (non-hydrogen) atoms. The summed E-state index contributed by atoms with van der Waals surface area (Å²) in [6.07, 6.45) is 4.34. The second-order valence-corrected chi connectivity index (χ2v) is 6.90. The molecule has 3 aromatic rings. The van der Waals surface area contributed by atoms with Crippen LogP contribution in [0.1, 0.15) is 5.56 Å². The van der Waals surface area contributed by atoms with Crippen LogP contribution in [0.2, 0.25) is 10.0 Å². The summed E-state index contributed by atoms with van der Waals surface area (Å²) >= 11 is 12.2. The van der Waals surface area contributed by atoms with Gasteiger partial charge in [0.25, 0.3) is 5.56 Å². The Hall–Kier alpha value is -3.47. The summed E-state index contributed by atoms with van der Waals surface area (Å²) in [5.41, 5.74) is -0.285. The van der Waals surface area contributed by atoms with Crippen LogP contribution in [-0.2, 0) is 6.54 Å². The highest BCUT2D eigenvalue weighted by atomic mass is 35.5. The number of nitriles is 1. The maximum absolute atomic E-state index is 11.8. The van der Waals surface area contributed by atoms with Crippen molar-refractivity contribution in [3.63, 3.8) is 0 Å². The van der Waals surface area contributed by atoms with Gasteiger partial charge in [-0.05, 0) is 42.0 Å². The zero-order chi connectivity index (χ0) is 21.5. The lowest BCUT2D eigenvalue weighted by atomic mass is 10.2. The van der Waals surface area contributed by atoms with Crippen molar-refractivity contribution in [2.75, 3.05) is 6.61 Å². The first kappa shape index (κ1) is 21.2. The molecule has 0 aliphatic carbocycles. The number of allylic oxidation sites excluding steroid dienone is 1. The molecule has 7 nitrogen and oxygen atoms in total. The summed E-state index contributed by atoms with van der Waals surface area (Å²) in [5, 5.41) is 9.58. The second-order valence-electron chi connectivity index (χ2n) is 6.03. The summed E-state index contributed by atoms with van der Waals surface area (Å²) < 4.78 is 13.0. The van der Waals surface area contributed by atoms with Gasteiger partial charge >= 0.3 is 5.69 Å². The Balaban J connectivity index is 1.78. The van der Waals surface area contributed by atoms with Crippen molar-refractivity contribution in [1.29, 1.82) is 5.26 Å². The van der Waals surface area contributed by atoms with Gasteiger partial charge in [-0.25, -0.2) is 4.79 Å². The van der Waals surface area contributed by atoms with Crippen LogP contribution in [0.3, 0.4) is 0 Å². The van der Waals surface area contributed by atoms with Gasteiger partial charge in [0.2, 0.25) is 0 Å². The number of nitrogens with one attached hydrogen (secondary N) is 1. The number of ether oxygens (including phenoxy) is 2. The van der Waals surface area contributed by atoms with Crippen LogP contribution in [0.15, 0.2) is 64.3 Å². The van der Waals surface area contributed by atoms with Crippen LogP contribution in [-0.4, -0.2) is 16.2 Å². The molecule has 0 spiro atoms. The highest BCUT2D eigenvalue weighted by Gasteiger charge is 2.09. The van der Waals surface area contributed by atoms with Gasteiger partial charge < -0.3 is 9.47 Å². The molecule has 0 fully saturated rings. The highest BCUT2D eigenvalue weighted by Crippen LogP contribution is 2.35. The van der Waals surface area contributed by atoms with Crippen LogP contribution < -0.4 is 20.7 Å². The number of aromatic nitrogens is 2. The molecule has 9 heteroatoms. The van der Waals surface area contributed by atoms with Crippen molar-refractivity contribution in [2.45, 2.75) is 6.54 Å². The third-order valence-corrected chi connectivity index (χ3v) is 4.32. The number of H-pyrrole nitrogens is 1. The van der Waals surface area contributed by atoms with E-state index in [0.717, 1.165) is 0 Å². The van der Waals surface area contributed by atoms with Crippen molar-refractivity contribution < 1.29 is 9.47 Å². The van der Waals surface area contributed by atoms with Crippen LogP contribution in [0.4, 0.5) is 0 Å². The Morgan fingerprint density at radius 1 is 1.07 bits per heavy atom. The van der Waals surface area contributed by atoms with E-state index in [2.05, 4.69) is 4.98 Å². The fourth-order valence-corrected chi connectivity index (χ4v) is 2.95. The van der Waals surface area contributed by atoms with Crippen molar-refractivity contribution in [1.82, 2.24) is 9.55 Å². The topological polar surface area (TPSA) is 97.1 Å². The summed E-state index contributed by atoms with van der Waals surface area (Å²) in [6, 6.07) is 13.1. The number of halogens is 2. The number of benzene rings is 2. The maximum atomic E-state index is 11.8. The molecule has 1 aromatic heterocycles. The van der Waals surface area contributed by atoms with E-state index < -0.39 is 11.2 Å². The molecule has 0 saturated heterocycles. The number of aromatic amines is 1. The van der Waals surface area contributed by atoms with Crippen molar-refractivity contribution >= 4 is 29.3 Å². The molecule has 0 bridgehead atoms. The number of hydrogen-bond acceptors (Lipinski definition) is 5. The molecule has 0 aliphatic heterocycles. The first-order valence-electron chi connectivity index (χ1n) is 8.71. The van der Waals surface area contributed by atoms with Gasteiger partial charge in [0.05, 0.1) is 12.6 Å². The summed E-state index contributed by atoms with van der Waals surface area (Å²) in [5.74, 6) is 1.21. The van der Waals surface area contributed by atoms with Gasteiger partial charge in [0, 0.05) is 34.5 Å². The van der Waals surface area contributed by atoms with E-state index in [1.54, 1.807) is 42.5 Å². The standard InChI is InChI=1S/C21H15Cl2N3O4/c22-15-3-4-18(30-17-11-14(2-1-6-24)10-16(23)12-17)19(13-15)29-9-8-26-7-5-20(27)25-21(26)28/h1-5,7,10-13H,8-9H2,(H,25,27,28). The molecule has 0 unspecified atom stereocenters. The number of rotatable bonds is 7. The Bertz CT molecular complexity index is 1240. The summed E-state index contributed by atoms with van der Waals surface area (Å²) in [4.78, 5) is 25.1. The van der Waals surface area contributed by atoms with Gasteiger partial charge in [-0.1, -0.05) is 23.2 Å². The molecule has 0 amide bonds. The van der Waals surface area contributed by atoms with Gasteiger partial charge in [-0.2, -0.15) is 5.26 Å². The minimum Gasteiger partial charge on any atom is -0.488 e. The molecule has 3 rings (SSSR count). The predicted octanol–water partition coefficient (Wildman–Crippen LogP) is 4.25. The molecule has 1 N–H and O–H groups in total. The number of nitrogens with zero attached hydrogens (tertiary/aromatic N) is 2. The highest BCUT2D eigenvalue weighted by molar-refractivity contribution is 6.31. The maximum Gasteiger partial charge on any atom is 0.328 e. The Morgan fingerprint density at radius 3 is 2.67 bits per heavy atom. The zero-order valence-corrected chi connectivity index (χ0v) is 17.0. The van der Waals surface area contributed by atoms with Crippen LogP contribution in [0.25, 0.3) is 6.08 Å². The fourth-order valence-electron chi connectivity index (χ4n) is 2.55. The first-order valence-corrected chi connectivity index (χ1v) is 9.47. The zero-order valence-electron chi connectivity index (χ0n) is 15.5. The molecule has 0 atom stereocenters. The normalized spacial score (nSPS) is 10.7. The largest absolute Gasteiger partial charge is 0.488 e. The Labute approximate surface area is 181 Å². The number of hydrogen-bond donors (Lipinski definition) is 1. The van der Waals surface area contributed by atoms with Crippen LogP contribution >= 0.6 is 23.2 Å². The lowest BCUT2D eigenvalue weighted by Crippen LogP contribution is -2.30. The second kappa shape index (κ2) is 9.83. The minimum absolute atomic E-state index is 0.133. The molecular weight excluding hydrogens is 429 g/mol. The first-order chi connectivity index (χ1) is 14.4. The van der Waals surface area contributed by atoms with Crippen LogP contribution in [0.5, 0.6) is 17.2 Å². The molecule has 152 valence electrons.